The summed E-state index contributed by atoms with van der Waals surface area (Å²) < 4.78 is 29.5. The Morgan fingerprint density at radius 1 is 1.06 bits per heavy atom. The number of nitrogens with zero attached hydrogens (tertiary/aromatic N) is 2. The third-order valence-electron chi connectivity index (χ3n) is 5.51. The van der Waals surface area contributed by atoms with Gasteiger partial charge < -0.3 is 16.4 Å². The number of nitrogens with two attached hydrogens (primary N) is 1. The second-order valence-corrected chi connectivity index (χ2v) is 9.78. The molecular formula is C24H30N5O3S+. The molecule has 0 aliphatic rings. The van der Waals surface area contributed by atoms with Gasteiger partial charge in [-0.25, -0.2) is 13.0 Å². The Bertz CT molecular complexity index is 1260. The Morgan fingerprint density at radius 2 is 1.76 bits per heavy atom. The number of para-hydroxylation sites is 1. The minimum Gasteiger partial charge on any atom is -0.398 e. The topological polar surface area (TPSA) is 108 Å². The summed E-state index contributed by atoms with van der Waals surface area (Å²) in [5, 5.41) is 5.84. The van der Waals surface area contributed by atoms with Crippen LogP contribution >= 0.6 is 0 Å². The Morgan fingerprint density at radius 3 is 2.42 bits per heavy atom. The first-order chi connectivity index (χ1) is 15.6. The van der Waals surface area contributed by atoms with Crippen molar-refractivity contribution in [1.29, 1.82) is 0 Å². The molecule has 1 amide bonds. The summed E-state index contributed by atoms with van der Waals surface area (Å²) in [5.74, 6) is -0.223. The maximum Gasteiger partial charge on any atom is 0.264 e. The van der Waals surface area contributed by atoms with Gasteiger partial charge in [0.05, 0.1) is 28.4 Å². The zero-order valence-corrected chi connectivity index (χ0v) is 20.1. The van der Waals surface area contributed by atoms with Gasteiger partial charge in [0.15, 0.2) is 18.4 Å². The summed E-state index contributed by atoms with van der Waals surface area (Å²) in [6, 6.07) is 15.3. The lowest BCUT2D eigenvalue weighted by Crippen LogP contribution is -2.39. The van der Waals surface area contributed by atoms with E-state index in [1.807, 2.05) is 36.7 Å². The van der Waals surface area contributed by atoms with Crippen LogP contribution in [0.2, 0.25) is 0 Å². The van der Waals surface area contributed by atoms with Crippen LogP contribution in [0.1, 0.15) is 17.7 Å². The maximum atomic E-state index is 13.2. The summed E-state index contributed by atoms with van der Waals surface area (Å²) in [6.45, 7) is 4.33. The number of rotatable bonds is 8. The lowest BCUT2D eigenvalue weighted by molar-refractivity contribution is -0.701. The first kappa shape index (κ1) is 24.1. The Balaban J connectivity index is 1.80. The fourth-order valence-corrected chi connectivity index (χ4v) is 4.67. The minimum absolute atomic E-state index is 0.0857. The minimum atomic E-state index is -3.81. The van der Waals surface area contributed by atoms with Gasteiger partial charge in [-0.1, -0.05) is 18.2 Å². The summed E-state index contributed by atoms with van der Waals surface area (Å²) in [6.07, 6.45) is 2.14. The van der Waals surface area contributed by atoms with Crippen molar-refractivity contribution >= 4 is 38.7 Å². The predicted molar refractivity (Wildman–Crippen MR) is 132 cm³/mol. The molecule has 0 aliphatic carbocycles. The van der Waals surface area contributed by atoms with E-state index in [2.05, 4.69) is 10.6 Å². The molecule has 0 saturated heterocycles. The van der Waals surface area contributed by atoms with Crippen LogP contribution in [0.3, 0.4) is 0 Å². The molecule has 0 saturated carbocycles. The maximum absolute atomic E-state index is 13.2. The zero-order chi connectivity index (χ0) is 24.2. The molecule has 8 nitrogen and oxygen atoms in total. The third kappa shape index (κ3) is 5.43. The highest BCUT2D eigenvalue weighted by molar-refractivity contribution is 7.92. The monoisotopic (exact) mass is 468 g/mol. The van der Waals surface area contributed by atoms with Gasteiger partial charge in [0.1, 0.15) is 0 Å². The van der Waals surface area contributed by atoms with Gasteiger partial charge in [-0.3, -0.25) is 9.10 Å². The fraction of sp³-hybridized carbons (Fsp3) is 0.250. The van der Waals surface area contributed by atoms with E-state index < -0.39 is 10.0 Å². The highest BCUT2D eigenvalue weighted by Gasteiger charge is 2.23. The molecule has 174 valence electrons. The second kappa shape index (κ2) is 9.91. The van der Waals surface area contributed by atoms with Crippen LogP contribution in [0.4, 0.5) is 22.7 Å². The van der Waals surface area contributed by atoms with Crippen molar-refractivity contribution in [3.63, 3.8) is 0 Å². The number of sulfonamides is 1. The number of amides is 1. The van der Waals surface area contributed by atoms with E-state index in [9.17, 15) is 13.2 Å². The van der Waals surface area contributed by atoms with Crippen molar-refractivity contribution in [1.82, 2.24) is 0 Å². The first-order valence-corrected chi connectivity index (χ1v) is 12.0. The van der Waals surface area contributed by atoms with E-state index in [0.717, 1.165) is 11.3 Å². The number of benzene rings is 2. The molecule has 0 spiro atoms. The van der Waals surface area contributed by atoms with E-state index in [1.54, 1.807) is 37.4 Å². The largest absolute Gasteiger partial charge is 0.398 e. The third-order valence-corrected chi connectivity index (χ3v) is 7.30. The lowest BCUT2D eigenvalue weighted by Gasteiger charge is -2.20. The number of aryl methyl sites for hydroxylation is 3. The van der Waals surface area contributed by atoms with E-state index in [1.165, 1.54) is 23.5 Å². The van der Waals surface area contributed by atoms with Crippen molar-refractivity contribution in [3.05, 3.63) is 72.1 Å². The molecule has 0 bridgehead atoms. The van der Waals surface area contributed by atoms with Crippen molar-refractivity contribution < 1.29 is 17.8 Å². The van der Waals surface area contributed by atoms with Crippen molar-refractivity contribution in [3.8, 4) is 0 Å². The molecule has 4 N–H and O–H groups in total. The predicted octanol–water partition coefficient (Wildman–Crippen LogP) is 3.07. The highest BCUT2D eigenvalue weighted by atomic mass is 32.2. The van der Waals surface area contributed by atoms with Crippen LogP contribution in [0.25, 0.3) is 0 Å². The zero-order valence-electron chi connectivity index (χ0n) is 19.3. The van der Waals surface area contributed by atoms with Gasteiger partial charge in [-0.15, -0.1) is 0 Å². The molecule has 3 aromatic rings. The molecule has 33 heavy (non-hydrogen) atoms. The molecule has 9 heteroatoms. The molecule has 0 radical (unpaired) electrons. The van der Waals surface area contributed by atoms with E-state index >= 15 is 0 Å². The van der Waals surface area contributed by atoms with Crippen LogP contribution < -0.4 is 25.2 Å². The van der Waals surface area contributed by atoms with Gasteiger partial charge in [-0.05, 0) is 37.3 Å². The van der Waals surface area contributed by atoms with Crippen molar-refractivity contribution in [2.45, 2.75) is 31.7 Å². The molecule has 0 fully saturated rings. The van der Waals surface area contributed by atoms with Crippen molar-refractivity contribution in [2.24, 2.45) is 0 Å². The first-order valence-electron chi connectivity index (χ1n) is 10.5. The van der Waals surface area contributed by atoms with Gasteiger partial charge in [0.2, 0.25) is 5.91 Å². The summed E-state index contributed by atoms with van der Waals surface area (Å²) in [4.78, 5) is 12.8. The molecule has 1 heterocycles. The fourth-order valence-electron chi connectivity index (χ4n) is 3.45. The normalized spacial score (nSPS) is 11.2. The van der Waals surface area contributed by atoms with Crippen LogP contribution in [-0.2, 0) is 21.4 Å². The van der Waals surface area contributed by atoms with Gasteiger partial charge in [0.25, 0.3) is 10.0 Å². The van der Waals surface area contributed by atoms with Crippen LogP contribution in [-0.4, -0.2) is 28.4 Å². The molecule has 0 atom stereocenters. The molecule has 0 aliphatic heterocycles. The number of hydrogen-bond acceptors (Lipinski definition) is 5. The van der Waals surface area contributed by atoms with Gasteiger partial charge >= 0.3 is 0 Å². The number of hydrogen-bond donors (Lipinski definition) is 3. The SMILES string of the molecule is CNc1ccc(S(=O)(=O)N(C)c2ccccc2)cc1NC(=O)CC[n+]1cc(C)c(N)cc1C. The Hall–Kier alpha value is -3.59. The molecule has 2 aromatic carbocycles. The van der Waals surface area contributed by atoms with Crippen molar-refractivity contribution in [2.75, 3.05) is 34.8 Å². The number of anilines is 4. The average molecular weight is 469 g/mol. The second-order valence-electron chi connectivity index (χ2n) is 7.81. The number of aromatic nitrogens is 1. The lowest BCUT2D eigenvalue weighted by atomic mass is 10.2. The molecule has 3 rings (SSSR count). The van der Waals surface area contributed by atoms with Crippen LogP contribution in [0.15, 0.2) is 65.7 Å². The number of nitrogen functional groups attached to an aromatic ring is 1. The summed E-state index contributed by atoms with van der Waals surface area (Å²) in [5.41, 5.74) is 10.1. The number of carbonyl (C=O) groups excluding carboxylic acids is 1. The van der Waals surface area contributed by atoms with E-state index in [-0.39, 0.29) is 17.2 Å². The number of carbonyl (C=O) groups is 1. The Labute approximate surface area is 195 Å². The van der Waals surface area contributed by atoms with Gasteiger partial charge in [0, 0.05) is 38.3 Å². The Kier molecular flexibility index (Phi) is 7.23. The molecular weight excluding hydrogens is 438 g/mol. The quantitative estimate of drug-likeness (QED) is 0.440. The smallest absolute Gasteiger partial charge is 0.264 e. The average Bonchev–Trinajstić information content (AvgIpc) is 2.80. The number of pyridine rings is 1. The number of nitrogens with one attached hydrogen (secondary N) is 2. The van der Waals surface area contributed by atoms with Gasteiger partial charge in [-0.2, -0.15) is 0 Å². The highest BCUT2D eigenvalue weighted by Crippen LogP contribution is 2.28. The summed E-state index contributed by atoms with van der Waals surface area (Å²) >= 11 is 0. The molecule has 1 aromatic heterocycles. The standard InChI is InChI=1S/C24H29N5O3S/c1-17-16-29(18(2)14-21(17)25)13-12-24(30)27-23-15-20(10-11-22(23)26-3)33(31,32)28(4)19-8-6-5-7-9-19/h5-11,14-16,25-26H,12-13H2,1-4H3,(H,27,30)/p+1. The summed E-state index contributed by atoms with van der Waals surface area (Å²) in [7, 11) is -0.590. The van der Waals surface area contributed by atoms with Crippen LogP contribution in [0.5, 0.6) is 0 Å². The van der Waals surface area contributed by atoms with E-state index in [0.29, 0.717) is 29.3 Å². The van der Waals surface area contributed by atoms with Crippen LogP contribution in [0, 0.1) is 13.8 Å². The molecule has 0 unspecified atom stereocenters. The van der Waals surface area contributed by atoms with E-state index in [4.69, 9.17) is 5.73 Å².